The molecule has 3 aromatic carbocycles. The van der Waals surface area contributed by atoms with Gasteiger partial charge in [-0.3, -0.25) is 4.79 Å². The van der Waals surface area contributed by atoms with Crippen LogP contribution in [0.2, 0.25) is 5.02 Å². The van der Waals surface area contributed by atoms with Gasteiger partial charge in [-0.15, -0.1) is 0 Å². The number of rotatable bonds is 6. The molecule has 4 rings (SSSR count). The normalized spacial score (nSPS) is 11.5. The van der Waals surface area contributed by atoms with Crippen molar-refractivity contribution in [3.63, 3.8) is 0 Å². The van der Waals surface area contributed by atoms with Crippen LogP contribution >= 0.6 is 11.6 Å². The van der Waals surface area contributed by atoms with E-state index in [1.54, 1.807) is 50.8 Å². The number of methoxy groups -OCH3 is 2. The molecule has 0 saturated carbocycles. The summed E-state index contributed by atoms with van der Waals surface area (Å²) in [6, 6.07) is 16.8. The van der Waals surface area contributed by atoms with Gasteiger partial charge in [0.25, 0.3) is 0 Å². The summed E-state index contributed by atoms with van der Waals surface area (Å²) in [6.45, 7) is 3.84. The van der Waals surface area contributed by atoms with Crippen molar-refractivity contribution in [1.29, 1.82) is 0 Å². The quantitative estimate of drug-likeness (QED) is 0.310. The van der Waals surface area contributed by atoms with Gasteiger partial charge in [0.1, 0.15) is 17.1 Å². The highest BCUT2D eigenvalue weighted by molar-refractivity contribution is 6.30. The summed E-state index contributed by atoms with van der Waals surface area (Å²) in [5, 5.41) is 4.41. The summed E-state index contributed by atoms with van der Waals surface area (Å²) in [5.74, 6) is 1.22. The van der Waals surface area contributed by atoms with Crippen molar-refractivity contribution in [3.8, 4) is 22.6 Å². The number of hydrogen-bond donors (Lipinski definition) is 1. The van der Waals surface area contributed by atoms with Crippen LogP contribution in [0.25, 0.3) is 27.7 Å². The molecule has 1 amide bonds. The number of fused-ring (bicyclic) bond motifs is 1. The van der Waals surface area contributed by atoms with Crippen LogP contribution in [0.15, 0.2) is 71.4 Å². The largest absolute Gasteiger partial charge is 0.497 e. The molecule has 0 atom stereocenters. The van der Waals surface area contributed by atoms with E-state index in [0.29, 0.717) is 16.5 Å². The predicted molar refractivity (Wildman–Crippen MR) is 133 cm³/mol. The molecule has 0 aliphatic carbocycles. The molecular formula is C27H24ClNO4. The van der Waals surface area contributed by atoms with Crippen LogP contribution in [0.1, 0.15) is 18.1 Å². The minimum absolute atomic E-state index is 0.239. The third-order valence-corrected chi connectivity index (χ3v) is 5.79. The fraction of sp³-hybridized carbons (Fsp3) is 0.148. The van der Waals surface area contributed by atoms with Crippen molar-refractivity contribution in [1.82, 2.24) is 0 Å². The van der Waals surface area contributed by atoms with E-state index in [2.05, 4.69) is 5.32 Å². The smallest absolute Gasteiger partial charge is 0.248 e. The van der Waals surface area contributed by atoms with Crippen LogP contribution in [0.5, 0.6) is 11.5 Å². The van der Waals surface area contributed by atoms with Gasteiger partial charge >= 0.3 is 0 Å². The molecule has 1 heterocycles. The lowest BCUT2D eigenvalue weighted by Crippen LogP contribution is -2.08. The number of allylic oxidation sites excluding steroid dienone is 1. The van der Waals surface area contributed by atoms with Gasteiger partial charge in [-0.25, -0.2) is 0 Å². The summed E-state index contributed by atoms with van der Waals surface area (Å²) in [7, 11) is 3.26. The molecule has 0 spiro atoms. The lowest BCUT2D eigenvalue weighted by Gasteiger charge is -2.13. The van der Waals surface area contributed by atoms with Crippen LogP contribution < -0.4 is 14.8 Å². The molecule has 6 heteroatoms. The number of benzene rings is 3. The number of hydrogen-bond acceptors (Lipinski definition) is 4. The van der Waals surface area contributed by atoms with Crippen molar-refractivity contribution in [2.24, 2.45) is 0 Å². The number of aryl methyl sites for hydroxylation is 1. The fourth-order valence-electron chi connectivity index (χ4n) is 3.85. The van der Waals surface area contributed by atoms with Crippen molar-refractivity contribution >= 4 is 39.7 Å². The monoisotopic (exact) mass is 461 g/mol. The van der Waals surface area contributed by atoms with E-state index in [1.807, 2.05) is 44.2 Å². The molecule has 168 valence electrons. The van der Waals surface area contributed by atoms with Gasteiger partial charge in [-0.1, -0.05) is 23.7 Å². The minimum Gasteiger partial charge on any atom is -0.497 e. The third-order valence-electron chi connectivity index (χ3n) is 5.53. The van der Waals surface area contributed by atoms with Gasteiger partial charge in [0, 0.05) is 38.9 Å². The average Bonchev–Trinajstić information content (AvgIpc) is 3.25. The fourth-order valence-corrected chi connectivity index (χ4v) is 3.98. The van der Waals surface area contributed by atoms with Crippen LogP contribution in [0.4, 0.5) is 5.69 Å². The van der Waals surface area contributed by atoms with E-state index in [-0.39, 0.29) is 5.91 Å². The number of carbonyl (C=O) groups excluding carboxylic acids is 1. The van der Waals surface area contributed by atoms with E-state index in [9.17, 15) is 4.79 Å². The number of anilines is 1. The number of nitrogens with one attached hydrogen (secondary N) is 1. The molecule has 1 aromatic heterocycles. The number of carbonyl (C=O) groups is 1. The minimum atomic E-state index is -0.239. The Morgan fingerprint density at radius 1 is 1.03 bits per heavy atom. The molecular weight excluding hydrogens is 438 g/mol. The van der Waals surface area contributed by atoms with Crippen molar-refractivity contribution in [2.45, 2.75) is 13.8 Å². The molecule has 0 bridgehead atoms. The number of ether oxygens (including phenoxy) is 2. The van der Waals surface area contributed by atoms with Gasteiger partial charge < -0.3 is 19.2 Å². The van der Waals surface area contributed by atoms with E-state index >= 15 is 0 Å². The summed E-state index contributed by atoms with van der Waals surface area (Å²) in [5.41, 5.74) is 5.85. The van der Waals surface area contributed by atoms with Gasteiger partial charge in [-0.2, -0.15) is 0 Å². The lowest BCUT2D eigenvalue weighted by molar-refractivity contribution is -0.111. The Labute approximate surface area is 197 Å². The SMILES string of the molecule is COc1ccc(-c2coc3c(C)c(OC)c(/C(C)=C/C(=O)Nc4ccc(Cl)cc4)cc23)cc1. The maximum absolute atomic E-state index is 12.6. The highest BCUT2D eigenvalue weighted by Gasteiger charge is 2.19. The van der Waals surface area contributed by atoms with E-state index < -0.39 is 0 Å². The van der Waals surface area contributed by atoms with Crippen LogP contribution in [0.3, 0.4) is 0 Å². The third kappa shape index (κ3) is 4.59. The van der Waals surface area contributed by atoms with Gasteiger partial charge in [-0.05, 0) is 67.4 Å². The second-order valence-corrected chi connectivity index (χ2v) is 8.10. The zero-order chi connectivity index (χ0) is 23.5. The van der Waals surface area contributed by atoms with Gasteiger partial charge in [0.2, 0.25) is 5.91 Å². The molecule has 0 fully saturated rings. The molecule has 0 aliphatic heterocycles. The Hall–Kier alpha value is -3.70. The van der Waals surface area contributed by atoms with Gasteiger partial charge in [0.15, 0.2) is 0 Å². The molecule has 0 saturated heterocycles. The standard InChI is InChI=1S/C27H24ClNO4/c1-16(13-25(30)29-20-9-7-19(28)8-10-20)22-14-23-24(18-5-11-21(31-3)12-6-18)15-33-27(23)17(2)26(22)32-4/h5-15H,1-4H3,(H,29,30)/b16-13+. The van der Waals surface area contributed by atoms with Crippen LogP contribution in [0, 0.1) is 6.92 Å². The first-order valence-corrected chi connectivity index (χ1v) is 10.8. The molecule has 0 aliphatic rings. The highest BCUT2D eigenvalue weighted by atomic mass is 35.5. The van der Waals surface area contributed by atoms with E-state index in [0.717, 1.165) is 44.5 Å². The molecule has 0 unspecified atom stereocenters. The van der Waals surface area contributed by atoms with Crippen molar-refractivity contribution in [2.75, 3.05) is 19.5 Å². The highest BCUT2D eigenvalue weighted by Crippen LogP contribution is 2.40. The first-order chi connectivity index (χ1) is 15.9. The second kappa shape index (κ2) is 9.43. The van der Waals surface area contributed by atoms with E-state index in [4.69, 9.17) is 25.5 Å². The average molecular weight is 462 g/mol. The number of halogens is 1. The Morgan fingerprint density at radius 3 is 2.36 bits per heavy atom. The molecule has 1 N–H and O–H groups in total. The van der Waals surface area contributed by atoms with Crippen molar-refractivity contribution in [3.05, 3.63) is 83.1 Å². The molecule has 5 nitrogen and oxygen atoms in total. The number of furan rings is 1. The Morgan fingerprint density at radius 2 is 1.73 bits per heavy atom. The first kappa shape index (κ1) is 22.5. The van der Waals surface area contributed by atoms with Gasteiger partial charge in [0.05, 0.1) is 20.5 Å². The Bertz CT molecular complexity index is 1340. The maximum Gasteiger partial charge on any atom is 0.248 e. The molecule has 0 radical (unpaired) electrons. The van der Waals surface area contributed by atoms with Crippen LogP contribution in [-0.4, -0.2) is 20.1 Å². The maximum atomic E-state index is 12.6. The summed E-state index contributed by atoms with van der Waals surface area (Å²) < 4.78 is 16.9. The molecule has 4 aromatic rings. The Balaban J connectivity index is 1.74. The predicted octanol–water partition coefficient (Wildman–Crippen LogP) is 7.12. The van der Waals surface area contributed by atoms with Crippen molar-refractivity contribution < 1.29 is 18.7 Å². The Kier molecular flexibility index (Phi) is 6.43. The summed E-state index contributed by atoms with van der Waals surface area (Å²) in [4.78, 5) is 12.6. The van der Waals surface area contributed by atoms with Crippen LogP contribution in [-0.2, 0) is 4.79 Å². The first-order valence-electron chi connectivity index (χ1n) is 10.4. The second-order valence-electron chi connectivity index (χ2n) is 7.66. The molecule has 33 heavy (non-hydrogen) atoms. The zero-order valence-electron chi connectivity index (χ0n) is 18.9. The van der Waals surface area contributed by atoms with E-state index in [1.165, 1.54) is 0 Å². The number of amides is 1. The zero-order valence-corrected chi connectivity index (χ0v) is 19.6. The topological polar surface area (TPSA) is 60.7 Å². The summed E-state index contributed by atoms with van der Waals surface area (Å²) >= 11 is 5.92. The lowest BCUT2D eigenvalue weighted by atomic mass is 9.96. The summed E-state index contributed by atoms with van der Waals surface area (Å²) in [6.07, 6.45) is 3.31.